The van der Waals surface area contributed by atoms with Crippen LogP contribution in [0.5, 0.6) is 23.0 Å². The molecule has 0 aromatic heterocycles. The molecule has 0 saturated heterocycles. The monoisotopic (exact) mass is 416 g/mol. The zero-order valence-corrected chi connectivity index (χ0v) is 18.1. The maximum atomic E-state index is 12.7. The van der Waals surface area contributed by atoms with Crippen molar-refractivity contribution in [2.75, 3.05) is 33.3 Å². The van der Waals surface area contributed by atoms with Crippen LogP contribution in [-0.4, -0.2) is 45.8 Å². The number of carbonyl (C=O) groups is 2. The molecule has 0 heterocycles. The fourth-order valence-corrected chi connectivity index (χ4v) is 2.74. The Morgan fingerprint density at radius 1 is 0.900 bits per heavy atom. The number of methoxy groups -OCH3 is 3. The lowest BCUT2D eigenvalue weighted by molar-refractivity contribution is -0.123. The average Bonchev–Trinajstić information content (AvgIpc) is 2.72. The summed E-state index contributed by atoms with van der Waals surface area (Å²) in [4.78, 5) is 24.5. The van der Waals surface area contributed by atoms with E-state index in [0.717, 1.165) is 5.56 Å². The minimum absolute atomic E-state index is 0.0223. The molecule has 2 N–H and O–H groups in total. The fourth-order valence-electron chi connectivity index (χ4n) is 2.74. The van der Waals surface area contributed by atoms with E-state index in [1.807, 2.05) is 20.8 Å². The van der Waals surface area contributed by atoms with Gasteiger partial charge in [-0.2, -0.15) is 0 Å². The summed E-state index contributed by atoms with van der Waals surface area (Å²) in [7, 11) is 4.55. The number of hydrogen-bond donors (Lipinski definition) is 2. The summed E-state index contributed by atoms with van der Waals surface area (Å²) in [5.74, 6) is 1.25. The van der Waals surface area contributed by atoms with Crippen molar-refractivity contribution < 1.29 is 28.5 Å². The molecule has 0 spiro atoms. The summed E-state index contributed by atoms with van der Waals surface area (Å²) in [5, 5.41) is 5.60. The third-order valence-corrected chi connectivity index (χ3v) is 4.21. The van der Waals surface area contributed by atoms with Crippen molar-refractivity contribution in [2.45, 2.75) is 26.8 Å². The van der Waals surface area contributed by atoms with Crippen LogP contribution in [-0.2, 0) is 4.79 Å². The lowest BCUT2D eigenvalue weighted by Crippen LogP contribution is -2.34. The minimum Gasteiger partial charge on any atom is -0.493 e. The summed E-state index contributed by atoms with van der Waals surface area (Å²) in [6, 6.07) is 8.26. The molecule has 8 nitrogen and oxygen atoms in total. The zero-order valence-electron chi connectivity index (χ0n) is 18.1. The second-order valence-electron chi connectivity index (χ2n) is 6.85. The number of anilines is 1. The largest absolute Gasteiger partial charge is 0.493 e. The van der Waals surface area contributed by atoms with E-state index in [4.69, 9.17) is 18.9 Å². The first-order chi connectivity index (χ1) is 14.3. The molecule has 2 aromatic rings. The average molecular weight is 416 g/mol. The van der Waals surface area contributed by atoms with E-state index in [0.29, 0.717) is 34.2 Å². The van der Waals surface area contributed by atoms with Crippen LogP contribution in [0.1, 0.15) is 29.8 Å². The van der Waals surface area contributed by atoms with Crippen LogP contribution >= 0.6 is 0 Å². The van der Waals surface area contributed by atoms with Crippen molar-refractivity contribution in [1.29, 1.82) is 0 Å². The third-order valence-electron chi connectivity index (χ3n) is 4.21. The number of aryl methyl sites for hydroxylation is 1. The first kappa shape index (κ1) is 22.9. The first-order valence-electron chi connectivity index (χ1n) is 9.43. The molecule has 0 bridgehead atoms. The number of amides is 2. The van der Waals surface area contributed by atoms with Crippen LogP contribution in [0.4, 0.5) is 5.69 Å². The van der Waals surface area contributed by atoms with E-state index < -0.39 is 0 Å². The lowest BCUT2D eigenvalue weighted by atomic mass is 10.1. The highest BCUT2D eigenvalue weighted by Gasteiger charge is 2.15. The van der Waals surface area contributed by atoms with Gasteiger partial charge in [0, 0.05) is 23.4 Å². The van der Waals surface area contributed by atoms with Gasteiger partial charge >= 0.3 is 0 Å². The van der Waals surface area contributed by atoms with Crippen molar-refractivity contribution in [3.8, 4) is 23.0 Å². The molecular formula is C22H28N2O6. The Kier molecular flexibility index (Phi) is 7.91. The van der Waals surface area contributed by atoms with E-state index in [1.165, 1.54) is 14.2 Å². The SMILES string of the molecule is COc1cc(C)c(NC(=O)c2ccc(OCC(=O)NC(C)C)c(OC)c2)cc1OC. The van der Waals surface area contributed by atoms with E-state index in [2.05, 4.69) is 10.6 Å². The van der Waals surface area contributed by atoms with Crippen LogP contribution < -0.4 is 29.6 Å². The molecule has 0 aliphatic heterocycles. The van der Waals surface area contributed by atoms with Gasteiger partial charge in [-0.05, 0) is 50.6 Å². The number of benzene rings is 2. The Labute approximate surface area is 176 Å². The van der Waals surface area contributed by atoms with Crippen LogP contribution in [0.2, 0.25) is 0 Å². The molecule has 30 heavy (non-hydrogen) atoms. The van der Waals surface area contributed by atoms with Gasteiger partial charge in [0.15, 0.2) is 29.6 Å². The Morgan fingerprint density at radius 2 is 1.50 bits per heavy atom. The van der Waals surface area contributed by atoms with Crippen LogP contribution in [0.15, 0.2) is 30.3 Å². The Hall–Kier alpha value is -3.42. The number of ether oxygens (including phenoxy) is 4. The summed E-state index contributed by atoms with van der Waals surface area (Å²) in [6.45, 7) is 5.44. The van der Waals surface area contributed by atoms with Crippen molar-refractivity contribution in [3.05, 3.63) is 41.5 Å². The zero-order chi connectivity index (χ0) is 22.3. The molecular weight excluding hydrogens is 388 g/mol. The van der Waals surface area contributed by atoms with E-state index in [9.17, 15) is 9.59 Å². The molecule has 0 radical (unpaired) electrons. The second-order valence-corrected chi connectivity index (χ2v) is 6.85. The van der Waals surface area contributed by atoms with Gasteiger partial charge in [-0.1, -0.05) is 0 Å². The van der Waals surface area contributed by atoms with Gasteiger partial charge in [0.1, 0.15) is 0 Å². The van der Waals surface area contributed by atoms with Gasteiger partial charge in [0.25, 0.3) is 11.8 Å². The summed E-state index contributed by atoms with van der Waals surface area (Å²) in [5.41, 5.74) is 1.80. The van der Waals surface area contributed by atoms with Crippen molar-refractivity contribution in [2.24, 2.45) is 0 Å². The highest BCUT2D eigenvalue weighted by molar-refractivity contribution is 6.05. The molecule has 2 amide bonds. The van der Waals surface area contributed by atoms with E-state index in [-0.39, 0.29) is 24.5 Å². The van der Waals surface area contributed by atoms with E-state index in [1.54, 1.807) is 37.4 Å². The summed E-state index contributed by atoms with van der Waals surface area (Å²) in [6.07, 6.45) is 0. The summed E-state index contributed by atoms with van der Waals surface area (Å²) < 4.78 is 21.4. The van der Waals surface area contributed by atoms with Gasteiger partial charge in [-0.3, -0.25) is 9.59 Å². The molecule has 0 fully saturated rings. The molecule has 162 valence electrons. The predicted octanol–water partition coefficient (Wildman–Crippen LogP) is 3.18. The third kappa shape index (κ3) is 5.79. The van der Waals surface area contributed by atoms with Gasteiger partial charge < -0.3 is 29.6 Å². The number of carbonyl (C=O) groups excluding carboxylic acids is 2. The quantitative estimate of drug-likeness (QED) is 0.652. The van der Waals surface area contributed by atoms with Crippen LogP contribution in [0.25, 0.3) is 0 Å². The fraction of sp³-hybridized carbons (Fsp3) is 0.364. The number of rotatable bonds is 9. The van der Waals surface area contributed by atoms with Crippen LogP contribution in [0.3, 0.4) is 0 Å². The van der Waals surface area contributed by atoms with Gasteiger partial charge in [-0.25, -0.2) is 0 Å². The molecule has 8 heteroatoms. The van der Waals surface area contributed by atoms with Gasteiger partial charge in [-0.15, -0.1) is 0 Å². The number of hydrogen-bond acceptors (Lipinski definition) is 6. The smallest absolute Gasteiger partial charge is 0.258 e. The molecule has 0 atom stereocenters. The lowest BCUT2D eigenvalue weighted by Gasteiger charge is -2.15. The van der Waals surface area contributed by atoms with E-state index >= 15 is 0 Å². The van der Waals surface area contributed by atoms with Crippen molar-refractivity contribution in [3.63, 3.8) is 0 Å². The molecule has 0 aliphatic carbocycles. The standard InChI is InChI=1S/C22H28N2O6/c1-13(2)23-21(25)12-30-17-8-7-15(10-19(17)28-5)22(26)24-16-11-20(29-6)18(27-4)9-14(16)3/h7-11,13H,12H2,1-6H3,(H,23,25)(H,24,26). The maximum absolute atomic E-state index is 12.7. The molecule has 0 aliphatic rings. The highest BCUT2D eigenvalue weighted by atomic mass is 16.5. The van der Waals surface area contributed by atoms with Gasteiger partial charge in [0.05, 0.1) is 21.3 Å². The molecule has 2 aromatic carbocycles. The first-order valence-corrected chi connectivity index (χ1v) is 9.43. The predicted molar refractivity (Wildman–Crippen MR) is 114 cm³/mol. The second kappa shape index (κ2) is 10.4. The highest BCUT2D eigenvalue weighted by Crippen LogP contribution is 2.33. The number of nitrogens with one attached hydrogen (secondary N) is 2. The van der Waals surface area contributed by atoms with Crippen LogP contribution in [0, 0.1) is 6.92 Å². The molecule has 2 rings (SSSR count). The summed E-state index contributed by atoms with van der Waals surface area (Å²) >= 11 is 0. The Morgan fingerprint density at radius 3 is 2.10 bits per heavy atom. The Balaban J connectivity index is 2.16. The molecule has 0 saturated carbocycles. The van der Waals surface area contributed by atoms with Crippen molar-refractivity contribution in [1.82, 2.24) is 5.32 Å². The topological polar surface area (TPSA) is 95.1 Å². The molecule has 0 unspecified atom stereocenters. The maximum Gasteiger partial charge on any atom is 0.258 e. The van der Waals surface area contributed by atoms with Gasteiger partial charge in [0.2, 0.25) is 0 Å². The Bertz CT molecular complexity index is 911. The minimum atomic E-state index is -0.326. The van der Waals surface area contributed by atoms with Crippen molar-refractivity contribution >= 4 is 17.5 Å². The normalized spacial score (nSPS) is 10.4.